The Morgan fingerprint density at radius 1 is 0.880 bits per heavy atom. The zero-order valence-corrected chi connectivity index (χ0v) is 33.7. The molecule has 0 radical (unpaired) electrons. The van der Waals surface area contributed by atoms with Gasteiger partial charge in [-0.05, 0) is 110 Å². The van der Waals surface area contributed by atoms with E-state index in [4.69, 9.17) is 14.6 Å². The van der Waals surface area contributed by atoms with Crippen LogP contribution in [0.5, 0.6) is 11.5 Å². The molecule has 1 heterocycles. The quantitative estimate of drug-likeness (QED) is 0.135. The number of aliphatic hydroxyl groups excluding tert-OH is 2. The summed E-state index contributed by atoms with van der Waals surface area (Å²) in [6.45, 7) is 30.4. The number of aliphatic hydroxyl groups is 2. The zero-order valence-electron chi connectivity index (χ0n) is 32.9. The highest BCUT2D eigenvalue weighted by Gasteiger charge is 2.29. The van der Waals surface area contributed by atoms with Crippen LogP contribution in [0.2, 0.25) is 0 Å². The maximum absolute atomic E-state index is 10.6. The van der Waals surface area contributed by atoms with Gasteiger partial charge in [-0.1, -0.05) is 51.6 Å². The van der Waals surface area contributed by atoms with Gasteiger partial charge in [0, 0.05) is 29.6 Å². The summed E-state index contributed by atoms with van der Waals surface area (Å²) in [6.07, 6.45) is 2.56. The van der Waals surface area contributed by atoms with E-state index in [9.17, 15) is 18.3 Å². The van der Waals surface area contributed by atoms with Crippen LogP contribution in [0, 0.1) is 0 Å². The summed E-state index contributed by atoms with van der Waals surface area (Å²) >= 11 is 0. The van der Waals surface area contributed by atoms with Crippen molar-refractivity contribution in [3.05, 3.63) is 72.3 Å². The molecule has 1 aliphatic heterocycles. The Balaban J connectivity index is 0.000000781. The average Bonchev–Trinajstić information content (AvgIpc) is 3.84. The Labute approximate surface area is 303 Å². The summed E-state index contributed by atoms with van der Waals surface area (Å²) in [4.78, 5) is 13.0. The minimum Gasteiger partial charge on any atom is -0.491 e. The number of hydrogen-bond acceptors (Lipinski definition) is 9. The molecule has 1 atom stereocenters. The van der Waals surface area contributed by atoms with Crippen LogP contribution in [-0.4, -0.2) is 91.4 Å². The van der Waals surface area contributed by atoms with E-state index in [2.05, 4.69) is 79.9 Å². The van der Waals surface area contributed by atoms with Gasteiger partial charge in [0.15, 0.2) is 0 Å². The van der Waals surface area contributed by atoms with E-state index in [1.165, 1.54) is 30.3 Å². The van der Waals surface area contributed by atoms with Gasteiger partial charge in [-0.15, -0.1) is 0 Å². The molecule has 286 valence electrons. The molecule has 2 aromatic rings. The summed E-state index contributed by atoms with van der Waals surface area (Å²) < 4.78 is 36.5. The molecule has 0 aliphatic carbocycles. The van der Waals surface area contributed by atoms with Crippen LogP contribution < -0.4 is 14.8 Å². The van der Waals surface area contributed by atoms with Crippen molar-refractivity contribution in [1.29, 1.82) is 0 Å². The van der Waals surface area contributed by atoms with Crippen molar-refractivity contribution in [2.75, 3.05) is 39.2 Å². The lowest BCUT2D eigenvalue weighted by atomic mass is 9.78. The van der Waals surface area contributed by atoms with Crippen molar-refractivity contribution < 1.29 is 37.1 Å². The molecule has 0 bridgehead atoms. The summed E-state index contributed by atoms with van der Waals surface area (Å²) in [5.41, 5.74) is 1.90. The molecular formula is C39H66N2O8S. The van der Waals surface area contributed by atoms with Gasteiger partial charge in [0.2, 0.25) is 5.91 Å². The van der Waals surface area contributed by atoms with Gasteiger partial charge in [-0.2, -0.15) is 8.42 Å². The fraction of sp³-hybridized carbons (Fsp3) is 0.615. The number of rotatable bonds is 11. The topological polar surface area (TPSA) is 134 Å². The van der Waals surface area contributed by atoms with Crippen molar-refractivity contribution >= 4 is 16.0 Å². The summed E-state index contributed by atoms with van der Waals surface area (Å²) in [5, 5.41) is 21.1. The molecule has 3 N–H and O–H groups in total. The highest BCUT2D eigenvalue weighted by Crippen LogP contribution is 2.33. The molecule has 1 aliphatic rings. The predicted molar refractivity (Wildman–Crippen MR) is 204 cm³/mol. The number of amides is 1. The molecule has 0 saturated carbocycles. The summed E-state index contributed by atoms with van der Waals surface area (Å²) in [5.74, 6) is 1.40. The third-order valence-electron chi connectivity index (χ3n) is 6.91. The van der Waals surface area contributed by atoms with Crippen molar-refractivity contribution in [3.8, 4) is 11.5 Å². The summed E-state index contributed by atoms with van der Waals surface area (Å²) in [6, 6.07) is 16.0. The number of carbonyl (C=O) groups excluding carboxylic acids is 1. The van der Waals surface area contributed by atoms with E-state index in [1.807, 2.05) is 52.0 Å². The molecule has 10 nitrogen and oxygen atoms in total. The molecule has 0 spiro atoms. The monoisotopic (exact) mass is 722 g/mol. The van der Waals surface area contributed by atoms with Crippen LogP contribution in [0.15, 0.2) is 61.2 Å². The smallest absolute Gasteiger partial charge is 0.264 e. The van der Waals surface area contributed by atoms with Crippen molar-refractivity contribution in [1.82, 2.24) is 10.2 Å². The average molecular weight is 723 g/mol. The Morgan fingerprint density at radius 2 is 1.32 bits per heavy atom. The fourth-order valence-corrected chi connectivity index (χ4v) is 5.08. The minimum absolute atomic E-state index is 0.0109. The molecule has 50 heavy (non-hydrogen) atoms. The van der Waals surface area contributed by atoms with Crippen molar-refractivity contribution in [2.24, 2.45) is 0 Å². The second-order valence-corrected chi connectivity index (χ2v) is 17.2. The van der Waals surface area contributed by atoms with Crippen molar-refractivity contribution in [3.63, 3.8) is 0 Å². The van der Waals surface area contributed by atoms with E-state index in [0.29, 0.717) is 25.2 Å². The number of carbonyl (C=O) groups is 1. The van der Waals surface area contributed by atoms with Gasteiger partial charge in [-0.25, -0.2) is 0 Å². The molecule has 3 rings (SSSR count). The molecule has 1 amide bonds. The maximum atomic E-state index is 10.6. The lowest BCUT2D eigenvalue weighted by Crippen LogP contribution is -2.39. The lowest BCUT2D eigenvalue weighted by Gasteiger charge is -2.26. The van der Waals surface area contributed by atoms with Crippen LogP contribution in [0.4, 0.5) is 0 Å². The van der Waals surface area contributed by atoms with E-state index in [-0.39, 0.29) is 23.5 Å². The van der Waals surface area contributed by atoms with Gasteiger partial charge in [0.1, 0.15) is 24.7 Å². The maximum Gasteiger partial charge on any atom is 0.264 e. The first kappa shape index (κ1) is 47.0. The second kappa shape index (κ2) is 20.8. The van der Waals surface area contributed by atoms with E-state index in [1.54, 1.807) is 20.8 Å². The number of benzene rings is 2. The molecule has 2 aromatic carbocycles. The summed E-state index contributed by atoms with van der Waals surface area (Å²) in [7, 11) is -3.28. The third kappa shape index (κ3) is 22.7. The van der Waals surface area contributed by atoms with Crippen LogP contribution in [0.25, 0.3) is 0 Å². The van der Waals surface area contributed by atoms with Gasteiger partial charge in [0.25, 0.3) is 10.1 Å². The van der Waals surface area contributed by atoms with Crippen molar-refractivity contribution in [2.45, 2.75) is 118 Å². The van der Waals surface area contributed by atoms with Crippen LogP contribution in [-0.2, 0) is 24.5 Å². The first-order valence-corrected chi connectivity index (χ1v) is 18.9. The Bertz CT molecular complexity index is 1370. The first-order chi connectivity index (χ1) is 22.7. The second-order valence-electron chi connectivity index (χ2n) is 15.6. The molecule has 11 heteroatoms. The van der Waals surface area contributed by atoms with Crippen LogP contribution in [0.1, 0.15) is 101 Å². The van der Waals surface area contributed by atoms with E-state index < -0.39 is 21.8 Å². The van der Waals surface area contributed by atoms with Gasteiger partial charge in [0.05, 0.1) is 24.6 Å². The minimum atomic E-state index is -3.28. The van der Waals surface area contributed by atoms with Crippen LogP contribution in [0.3, 0.4) is 0 Å². The highest BCUT2D eigenvalue weighted by molar-refractivity contribution is 7.86. The van der Waals surface area contributed by atoms with E-state index >= 15 is 0 Å². The largest absolute Gasteiger partial charge is 0.491 e. The first-order valence-electron chi connectivity index (χ1n) is 17.1. The van der Waals surface area contributed by atoms with Crippen LogP contribution >= 0.6 is 0 Å². The highest BCUT2D eigenvalue weighted by atomic mass is 32.2. The lowest BCUT2D eigenvalue weighted by molar-refractivity contribution is -0.117. The molecule has 1 fully saturated rings. The SMILES string of the molecule is C=CC(=O)NC(C)(C)C.CC(C)(C)N1CC1.CC(C)(C)OS(C)(=O)=O.CCC(O)COc1ccc(C(C)(C)c2ccc(OCCO)cc2)cc1. The molecule has 0 aromatic heterocycles. The normalized spacial score (nSPS) is 13.9. The predicted octanol–water partition coefficient (Wildman–Crippen LogP) is 6.48. The number of nitrogens with one attached hydrogen (secondary N) is 1. The zero-order chi connectivity index (χ0) is 39.0. The fourth-order valence-electron chi connectivity index (χ4n) is 4.17. The Hall–Kier alpha value is -2.96. The van der Waals surface area contributed by atoms with E-state index in [0.717, 1.165) is 17.8 Å². The molecule has 1 unspecified atom stereocenters. The molecule has 1 saturated heterocycles. The standard InChI is InChI=1S/C21H28O4.C7H13NO.C6H13N.C5H12O3S/c1-4-18(23)15-25-20-11-7-17(8-12-20)21(2,3)16-5-9-19(10-6-16)24-14-13-22;1-5-6(9)8-7(2,3)4;1-6(2,3)7-4-5-7;1-5(2,3)8-9(4,6)7/h5-12,18,22-23H,4,13-15H2,1-3H3;5H,1H2,2-4H3,(H,8,9);4-5H2,1-3H3;1-4H3. The molecular weight excluding hydrogens is 657 g/mol. The Morgan fingerprint density at radius 3 is 1.56 bits per heavy atom. The van der Waals surface area contributed by atoms with Gasteiger partial charge in [-0.3, -0.25) is 13.9 Å². The Kier molecular flexibility index (Phi) is 19.6. The number of hydrogen-bond donors (Lipinski definition) is 3. The third-order valence-corrected chi connectivity index (χ3v) is 7.71. The number of nitrogens with zero attached hydrogens (tertiary/aromatic N) is 1. The number of ether oxygens (including phenoxy) is 2. The van der Waals surface area contributed by atoms with Gasteiger partial charge < -0.3 is 25.0 Å². The van der Waals surface area contributed by atoms with Gasteiger partial charge >= 0.3 is 0 Å².